The first-order valence-electron chi connectivity index (χ1n) is 22.2. The molecule has 0 bridgehead atoms. The van der Waals surface area contributed by atoms with Crippen LogP contribution in [-0.2, 0) is 33.6 Å². The number of carboxylic acid groups (broad SMARTS) is 5. The van der Waals surface area contributed by atoms with E-state index in [1.807, 2.05) is 0 Å². The van der Waals surface area contributed by atoms with Crippen molar-refractivity contribution in [3.8, 4) is 0 Å². The van der Waals surface area contributed by atoms with Crippen LogP contribution in [0.5, 0.6) is 0 Å². The van der Waals surface area contributed by atoms with E-state index in [1.54, 1.807) is 0 Å². The Morgan fingerprint density at radius 3 is 1.98 bits per heavy atom. The molecule has 2 amide bonds. The minimum Gasteiger partial charge on any atom is -0.481 e. The number of amides is 2. The van der Waals surface area contributed by atoms with Crippen molar-refractivity contribution in [2.45, 2.75) is 141 Å². The number of nitrogens with one attached hydrogen (secondary N) is 2. The highest BCUT2D eigenvalue weighted by atomic mass is 16.4. The lowest BCUT2D eigenvalue weighted by Crippen LogP contribution is -2.63. The highest BCUT2D eigenvalue weighted by Crippen LogP contribution is 2.68. The molecule has 0 aliphatic heterocycles. The van der Waals surface area contributed by atoms with E-state index in [4.69, 9.17) is 10.2 Å². The summed E-state index contributed by atoms with van der Waals surface area (Å²) >= 11 is 0. The lowest BCUT2D eigenvalue weighted by molar-refractivity contribution is -0.202. The SMILES string of the molecule is CC(CCC(=O)O)[C@H]1CCC2C3C(C[C@H](O)[C@@]21C)[C@@]1(C)CCC(NC(=O)CCC(=O)NCCCCC[C@@H](C(=O)O)N(CCN(CC(=O)O)CC(=O)O)CC(=O)O)CC1C[C@H]3O. The van der Waals surface area contributed by atoms with E-state index >= 15 is 0 Å². The van der Waals surface area contributed by atoms with Gasteiger partial charge >= 0.3 is 29.8 Å². The number of carbonyl (C=O) groups excluding carboxylic acids is 2. The summed E-state index contributed by atoms with van der Waals surface area (Å²) in [5.41, 5.74) is -0.467. The van der Waals surface area contributed by atoms with Crippen LogP contribution in [0.4, 0.5) is 0 Å². The molecule has 0 heterocycles. The molecule has 0 aromatic rings. The Bertz CT molecular complexity index is 1560. The highest BCUT2D eigenvalue weighted by Gasteiger charge is 2.65. The second-order valence-electron chi connectivity index (χ2n) is 19.0. The molecule has 4 saturated carbocycles. The third-order valence-electron chi connectivity index (χ3n) is 15.3. The Kier molecular flexibility index (Phi) is 17.9. The van der Waals surface area contributed by atoms with Gasteiger partial charge in [-0.05, 0) is 111 Å². The van der Waals surface area contributed by atoms with Crippen molar-refractivity contribution in [1.29, 1.82) is 0 Å². The number of nitrogens with zero attached hydrogens (tertiary/aromatic N) is 2. The molecule has 18 nitrogen and oxygen atoms in total. The van der Waals surface area contributed by atoms with Gasteiger partial charge in [-0.3, -0.25) is 43.4 Å². The van der Waals surface area contributed by atoms with Crippen LogP contribution < -0.4 is 10.6 Å². The summed E-state index contributed by atoms with van der Waals surface area (Å²) in [6.07, 6.45) is 6.53. The average molecular weight is 867 g/mol. The average Bonchev–Trinajstić information content (AvgIpc) is 3.52. The van der Waals surface area contributed by atoms with E-state index in [2.05, 4.69) is 31.4 Å². The Labute approximate surface area is 357 Å². The van der Waals surface area contributed by atoms with Crippen LogP contribution in [0.2, 0.25) is 0 Å². The zero-order valence-corrected chi connectivity index (χ0v) is 36.0. The summed E-state index contributed by atoms with van der Waals surface area (Å²) in [6, 6.07) is -1.29. The molecular formula is C43H70N4O14. The maximum absolute atomic E-state index is 13.0. The molecule has 9 N–H and O–H groups in total. The van der Waals surface area contributed by atoms with Gasteiger partial charge in [0.25, 0.3) is 0 Å². The molecular weight excluding hydrogens is 796 g/mol. The number of hydrogen-bond acceptors (Lipinski definition) is 11. The number of aliphatic hydroxyl groups excluding tert-OH is 2. The van der Waals surface area contributed by atoms with Crippen LogP contribution in [0.1, 0.15) is 117 Å². The fraction of sp³-hybridized carbons (Fsp3) is 0.837. The van der Waals surface area contributed by atoms with Gasteiger partial charge in [0.15, 0.2) is 0 Å². The zero-order valence-electron chi connectivity index (χ0n) is 36.0. The standard InChI is InChI=1S/C43H70N4O14/c1-25(8-13-36(52)53)28-9-10-29-40-30(21-33(49)43(28,29)3)42(2)15-14-27(19-26(42)20-32(40)48)45-35(51)12-11-34(50)44-16-6-4-5-7-31(41(60)61)47(24-39(58)59)18-17-46(22-37(54)55)23-38(56)57/h25-33,40,48-49H,4-24H2,1-3H3,(H,44,50)(H,45,51)(H,52,53)(H,54,55)(H,56,57)(H,58,59)(H,60,61)/t25?,26?,27?,28-,29?,30?,31+,32-,33+,40?,42+,43-/m1/s1. The number of carboxylic acids is 5. The molecule has 0 saturated heterocycles. The van der Waals surface area contributed by atoms with E-state index < -0.39 is 67.7 Å². The molecule has 0 aromatic carbocycles. The van der Waals surface area contributed by atoms with Gasteiger partial charge in [0.2, 0.25) is 11.8 Å². The van der Waals surface area contributed by atoms with Gasteiger partial charge in [-0.15, -0.1) is 0 Å². The molecule has 0 aromatic heterocycles. The maximum atomic E-state index is 13.0. The van der Waals surface area contributed by atoms with Crippen LogP contribution in [-0.4, -0.2) is 151 Å². The molecule has 346 valence electrons. The molecule has 4 fully saturated rings. The first kappa shape index (κ1) is 49.8. The van der Waals surface area contributed by atoms with Crippen molar-refractivity contribution < 1.29 is 69.3 Å². The lowest BCUT2D eigenvalue weighted by Gasteiger charge is -2.63. The van der Waals surface area contributed by atoms with Gasteiger partial charge in [0.05, 0.1) is 31.8 Å². The first-order chi connectivity index (χ1) is 28.7. The van der Waals surface area contributed by atoms with Crippen LogP contribution in [0.15, 0.2) is 0 Å². The topological polar surface area (TPSA) is 292 Å². The van der Waals surface area contributed by atoms with E-state index in [9.17, 15) is 59.1 Å². The fourth-order valence-corrected chi connectivity index (χ4v) is 12.2. The molecule has 61 heavy (non-hydrogen) atoms. The lowest BCUT2D eigenvalue weighted by atomic mass is 9.43. The smallest absolute Gasteiger partial charge is 0.320 e. The van der Waals surface area contributed by atoms with Gasteiger partial charge < -0.3 is 46.4 Å². The fourth-order valence-electron chi connectivity index (χ4n) is 12.2. The molecule has 6 unspecified atom stereocenters. The first-order valence-corrected chi connectivity index (χ1v) is 22.2. The number of aliphatic carboxylic acids is 5. The third-order valence-corrected chi connectivity index (χ3v) is 15.3. The summed E-state index contributed by atoms with van der Waals surface area (Å²) in [7, 11) is 0. The largest absolute Gasteiger partial charge is 0.481 e. The molecule has 4 rings (SSSR count). The third kappa shape index (κ3) is 12.9. The van der Waals surface area contributed by atoms with Crippen molar-refractivity contribution in [2.75, 3.05) is 39.3 Å². The predicted octanol–water partition coefficient (Wildman–Crippen LogP) is 2.34. The second-order valence-corrected chi connectivity index (χ2v) is 19.0. The summed E-state index contributed by atoms with van der Waals surface area (Å²) in [5, 5.41) is 76.1. The minimum absolute atomic E-state index is 0.00611. The van der Waals surface area contributed by atoms with Crippen LogP contribution >= 0.6 is 0 Å². The number of aliphatic hydroxyl groups is 2. The quantitative estimate of drug-likeness (QED) is 0.0595. The highest BCUT2D eigenvalue weighted by molar-refractivity contribution is 5.83. The monoisotopic (exact) mass is 866 g/mol. The van der Waals surface area contributed by atoms with Crippen molar-refractivity contribution in [3.63, 3.8) is 0 Å². The number of carbonyl (C=O) groups is 7. The van der Waals surface area contributed by atoms with Crippen molar-refractivity contribution in [2.24, 2.45) is 46.3 Å². The van der Waals surface area contributed by atoms with E-state index in [-0.39, 0.29) is 103 Å². The molecule has 4 aliphatic carbocycles. The Morgan fingerprint density at radius 1 is 0.705 bits per heavy atom. The van der Waals surface area contributed by atoms with Crippen molar-refractivity contribution in [3.05, 3.63) is 0 Å². The Hall–Kier alpha value is -3.87. The maximum Gasteiger partial charge on any atom is 0.320 e. The number of fused-ring (bicyclic) bond motifs is 5. The number of unbranched alkanes of at least 4 members (excludes halogenated alkanes) is 2. The Balaban J connectivity index is 1.18. The molecule has 0 spiro atoms. The molecule has 12 atom stereocenters. The Morgan fingerprint density at radius 2 is 1.36 bits per heavy atom. The normalized spacial score (nSPS) is 31.6. The van der Waals surface area contributed by atoms with Gasteiger partial charge in [0.1, 0.15) is 6.04 Å². The second kappa shape index (κ2) is 22.0. The zero-order chi connectivity index (χ0) is 45.2. The molecule has 18 heteroatoms. The number of hydrogen-bond donors (Lipinski definition) is 9. The molecule has 0 radical (unpaired) electrons. The van der Waals surface area contributed by atoms with Gasteiger partial charge in [-0.2, -0.15) is 0 Å². The predicted molar refractivity (Wildman–Crippen MR) is 219 cm³/mol. The van der Waals surface area contributed by atoms with Crippen LogP contribution in [0.25, 0.3) is 0 Å². The summed E-state index contributed by atoms with van der Waals surface area (Å²) in [4.78, 5) is 85.0. The van der Waals surface area contributed by atoms with Gasteiger partial charge in [-0.25, -0.2) is 0 Å². The number of rotatable bonds is 25. The van der Waals surface area contributed by atoms with Crippen molar-refractivity contribution in [1.82, 2.24) is 20.4 Å². The van der Waals surface area contributed by atoms with E-state index in [0.29, 0.717) is 51.5 Å². The summed E-state index contributed by atoms with van der Waals surface area (Å²) < 4.78 is 0. The summed E-state index contributed by atoms with van der Waals surface area (Å²) in [6.45, 7) is 4.67. The molecule has 4 aliphatic rings. The van der Waals surface area contributed by atoms with Gasteiger partial charge in [0, 0.05) is 44.9 Å². The van der Waals surface area contributed by atoms with E-state index in [1.165, 1.54) is 4.90 Å². The van der Waals surface area contributed by atoms with Crippen LogP contribution in [0, 0.1) is 46.3 Å². The minimum atomic E-state index is -1.29. The van der Waals surface area contributed by atoms with E-state index in [0.717, 1.165) is 30.6 Å². The van der Waals surface area contributed by atoms with Crippen LogP contribution in [0.3, 0.4) is 0 Å². The van der Waals surface area contributed by atoms with Crippen molar-refractivity contribution >= 4 is 41.7 Å². The van der Waals surface area contributed by atoms with Gasteiger partial charge in [-0.1, -0.05) is 33.6 Å². The summed E-state index contributed by atoms with van der Waals surface area (Å²) in [5.74, 6) is -5.53.